The van der Waals surface area contributed by atoms with E-state index in [9.17, 15) is 4.79 Å². The van der Waals surface area contributed by atoms with Gasteiger partial charge in [0.2, 0.25) is 0 Å². The van der Waals surface area contributed by atoms with Crippen molar-refractivity contribution >= 4 is 29.2 Å². The second kappa shape index (κ2) is 5.15. The van der Waals surface area contributed by atoms with Crippen LogP contribution in [0.2, 0.25) is 10.2 Å². The molecule has 1 unspecified atom stereocenters. The third kappa shape index (κ3) is 2.63. The number of pyridine rings is 1. The Kier molecular flexibility index (Phi) is 3.52. The first-order valence-electron chi connectivity index (χ1n) is 6.21. The van der Waals surface area contributed by atoms with Gasteiger partial charge in [0.1, 0.15) is 5.15 Å². The number of hydrogen-bond donors (Lipinski definition) is 1. The van der Waals surface area contributed by atoms with Crippen molar-refractivity contribution in [3.63, 3.8) is 0 Å². The number of carbonyl (C=O) groups excluding carboxylic acids is 1. The van der Waals surface area contributed by atoms with Crippen LogP contribution in [-0.4, -0.2) is 53.0 Å². The van der Waals surface area contributed by atoms with Crippen molar-refractivity contribution < 1.29 is 4.79 Å². The van der Waals surface area contributed by atoms with Crippen molar-refractivity contribution in [1.82, 2.24) is 20.1 Å². The lowest BCUT2D eigenvalue weighted by molar-refractivity contribution is 0.116. The first-order valence-corrected chi connectivity index (χ1v) is 6.97. The fourth-order valence-corrected chi connectivity index (χ4v) is 2.92. The SMILES string of the molecule is O=C1NCC2CN(Cc3nc(Cl)ccc3Cl)CCN12. The van der Waals surface area contributed by atoms with Crippen LogP contribution >= 0.6 is 23.2 Å². The van der Waals surface area contributed by atoms with Gasteiger partial charge in [-0.2, -0.15) is 0 Å². The predicted octanol–water partition coefficient (Wildman–Crippen LogP) is 1.60. The van der Waals surface area contributed by atoms with Crippen LogP contribution in [0.25, 0.3) is 0 Å². The van der Waals surface area contributed by atoms with Gasteiger partial charge in [-0.15, -0.1) is 0 Å². The summed E-state index contributed by atoms with van der Waals surface area (Å²) in [5.41, 5.74) is 0.792. The van der Waals surface area contributed by atoms with Crippen LogP contribution in [0.1, 0.15) is 5.69 Å². The molecule has 1 N–H and O–H groups in total. The van der Waals surface area contributed by atoms with Crippen LogP contribution in [0.5, 0.6) is 0 Å². The summed E-state index contributed by atoms with van der Waals surface area (Å²) in [5.74, 6) is 0. The van der Waals surface area contributed by atoms with Crippen LogP contribution in [-0.2, 0) is 6.54 Å². The van der Waals surface area contributed by atoms with Crippen LogP contribution in [0.3, 0.4) is 0 Å². The van der Waals surface area contributed by atoms with E-state index >= 15 is 0 Å². The van der Waals surface area contributed by atoms with Crippen LogP contribution in [0.4, 0.5) is 4.79 Å². The number of halogens is 2. The van der Waals surface area contributed by atoms with Gasteiger partial charge >= 0.3 is 6.03 Å². The number of rotatable bonds is 2. The van der Waals surface area contributed by atoms with E-state index in [1.54, 1.807) is 12.1 Å². The summed E-state index contributed by atoms with van der Waals surface area (Å²) in [7, 11) is 0. The maximum absolute atomic E-state index is 11.5. The zero-order valence-electron chi connectivity index (χ0n) is 10.3. The van der Waals surface area contributed by atoms with E-state index in [0.717, 1.165) is 25.3 Å². The normalized spacial score (nSPS) is 23.4. The average Bonchev–Trinajstić information content (AvgIpc) is 2.75. The summed E-state index contributed by atoms with van der Waals surface area (Å²) in [4.78, 5) is 19.9. The second-order valence-corrected chi connectivity index (χ2v) is 5.63. The largest absolute Gasteiger partial charge is 0.336 e. The van der Waals surface area contributed by atoms with E-state index in [-0.39, 0.29) is 12.1 Å². The highest BCUT2D eigenvalue weighted by Gasteiger charge is 2.35. The minimum atomic E-state index is 0.0450. The van der Waals surface area contributed by atoms with Gasteiger partial charge in [-0.25, -0.2) is 9.78 Å². The molecular formula is C12H14Cl2N4O. The fraction of sp³-hybridized carbons (Fsp3) is 0.500. The molecule has 2 amide bonds. The average molecular weight is 301 g/mol. The van der Waals surface area contributed by atoms with Gasteiger partial charge in [-0.05, 0) is 12.1 Å². The van der Waals surface area contributed by atoms with E-state index < -0.39 is 0 Å². The lowest BCUT2D eigenvalue weighted by atomic mass is 10.2. The maximum Gasteiger partial charge on any atom is 0.317 e. The van der Waals surface area contributed by atoms with Crippen molar-refractivity contribution in [3.05, 3.63) is 28.0 Å². The Bertz CT molecular complexity index is 511. The molecule has 3 heterocycles. The molecule has 0 radical (unpaired) electrons. The number of nitrogens with one attached hydrogen (secondary N) is 1. The van der Waals surface area contributed by atoms with Gasteiger partial charge in [-0.3, -0.25) is 4.90 Å². The summed E-state index contributed by atoms with van der Waals surface area (Å²) in [5, 5.41) is 3.95. The van der Waals surface area contributed by atoms with Crippen LogP contribution in [0, 0.1) is 0 Å². The molecule has 19 heavy (non-hydrogen) atoms. The highest BCUT2D eigenvalue weighted by atomic mass is 35.5. The number of hydrogen-bond acceptors (Lipinski definition) is 3. The Morgan fingerprint density at radius 2 is 2.21 bits per heavy atom. The van der Waals surface area contributed by atoms with E-state index in [4.69, 9.17) is 23.2 Å². The van der Waals surface area contributed by atoms with Crippen molar-refractivity contribution in [2.45, 2.75) is 12.6 Å². The third-order valence-electron chi connectivity index (χ3n) is 3.57. The minimum Gasteiger partial charge on any atom is -0.336 e. The number of carbonyl (C=O) groups is 1. The van der Waals surface area contributed by atoms with E-state index in [1.165, 1.54) is 0 Å². The summed E-state index contributed by atoms with van der Waals surface area (Å²) < 4.78 is 0. The van der Waals surface area contributed by atoms with Gasteiger partial charge in [0, 0.05) is 32.7 Å². The molecule has 0 bridgehead atoms. The number of aromatic nitrogens is 1. The smallest absolute Gasteiger partial charge is 0.317 e. The lowest BCUT2D eigenvalue weighted by Gasteiger charge is -2.36. The Morgan fingerprint density at radius 3 is 3.05 bits per heavy atom. The Balaban J connectivity index is 1.68. The molecule has 7 heteroatoms. The van der Waals surface area contributed by atoms with Gasteiger partial charge in [-0.1, -0.05) is 23.2 Å². The quantitative estimate of drug-likeness (QED) is 0.844. The summed E-state index contributed by atoms with van der Waals surface area (Å²) in [6, 6.07) is 3.75. The number of fused-ring (bicyclic) bond motifs is 1. The molecule has 5 nitrogen and oxygen atoms in total. The van der Waals surface area contributed by atoms with Gasteiger partial charge in [0.15, 0.2) is 0 Å². The number of piperazine rings is 1. The molecule has 3 rings (SSSR count). The maximum atomic E-state index is 11.5. The number of amides is 2. The van der Waals surface area contributed by atoms with Gasteiger partial charge in [0.05, 0.1) is 16.8 Å². The number of urea groups is 1. The molecule has 1 aromatic heterocycles. The lowest BCUT2D eigenvalue weighted by Crippen LogP contribution is -2.51. The topological polar surface area (TPSA) is 48.5 Å². The van der Waals surface area contributed by atoms with Crippen LogP contribution < -0.4 is 5.32 Å². The van der Waals surface area contributed by atoms with Crippen LogP contribution in [0.15, 0.2) is 12.1 Å². The molecule has 0 spiro atoms. The fourth-order valence-electron chi connectivity index (χ4n) is 2.59. The highest BCUT2D eigenvalue weighted by molar-refractivity contribution is 6.32. The molecule has 102 valence electrons. The monoisotopic (exact) mass is 300 g/mol. The van der Waals surface area contributed by atoms with E-state index in [0.29, 0.717) is 23.3 Å². The zero-order valence-corrected chi connectivity index (χ0v) is 11.8. The third-order valence-corrected chi connectivity index (χ3v) is 4.13. The van der Waals surface area contributed by atoms with Crippen molar-refractivity contribution in [2.75, 3.05) is 26.2 Å². The molecule has 1 atom stereocenters. The van der Waals surface area contributed by atoms with E-state index in [1.807, 2.05) is 4.90 Å². The molecule has 2 aliphatic rings. The molecule has 0 aromatic carbocycles. The second-order valence-electron chi connectivity index (χ2n) is 4.83. The van der Waals surface area contributed by atoms with Crippen molar-refractivity contribution in [3.8, 4) is 0 Å². The van der Waals surface area contributed by atoms with Gasteiger partial charge < -0.3 is 10.2 Å². The molecular weight excluding hydrogens is 287 g/mol. The molecule has 0 saturated carbocycles. The Labute approximate surface area is 121 Å². The number of nitrogens with zero attached hydrogens (tertiary/aromatic N) is 3. The molecule has 1 aromatic rings. The van der Waals surface area contributed by atoms with Gasteiger partial charge in [0.25, 0.3) is 0 Å². The summed E-state index contributed by atoms with van der Waals surface area (Å²) in [6.07, 6.45) is 0. The minimum absolute atomic E-state index is 0.0450. The van der Waals surface area contributed by atoms with Crippen molar-refractivity contribution in [1.29, 1.82) is 0 Å². The molecule has 2 aliphatic heterocycles. The summed E-state index contributed by atoms with van der Waals surface area (Å²) in [6.45, 7) is 3.79. The molecule has 0 aliphatic carbocycles. The predicted molar refractivity (Wildman–Crippen MR) is 73.4 cm³/mol. The first-order chi connectivity index (χ1) is 9.13. The summed E-state index contributed by atoms with van der Waals surface area (Å²) >= 11 is 12.0. The molecule has 2 fully saturated rings. The Morgan fingerprint density at radius 1 is 1.37 bits per heavy atom. The van der Waals surface area contributed by atoms with Crippen molar-refractivity contribution in [2.24, 2.45) is 0 Å². The first kappa shape index (κ1) is 13.0. The van der Waals surface area contributed by atoms with E-state index in [2.05, 4.69) is 15.2 Å². The highest BCUT2D eigenvalue weighted by Crippen LogP contribution is 2.21. The zero-order chi connectivity index (χ0) is 13.4. The molecule has 2 saturated heterocycles. The standard InChI is InChI=1S/C12H14Cl2N4O/c13-9-1-2-11(14)16-10(9)7-17-3-4-18-8(6-17)5-15-12(18)19/h1-2,8H,3-7H2,(H,15,19). The Hall–Kier alpha value is -1.04.